The van der Waals surface area contributed by atoms with Gasteiger partial charge in [-0.2, -0.15) is 0 Å². The molecule has 3 rings (SSSR count). The molecule has 0 spiro atoms. The van der Waals surface area contributed by atoms with Gasteiger partial charge < -0.3 is 19.0 Å². The van der Waals surface area contributed by atoms with Gasteiger partial charge in [0.05, 0.1) is 25.8 Å². The predicted octanol–water partition coefficient (Wildman–Crippen LogP) is 3.39. The van der Waals surface area contributed by atoms with Gasteiger partial charge in [0.1, 0.15) is 11.5 Å². The van der Waals surface area contributed by atoms with Crippen LogP contribution in [-0.2, 0) is 11.3 Å². The lowest BCUT2D eigenvalue weighted by atomic mass is 10.1. The first-order chi connectivity index (χ1) is 11.8. The number of rotatable bonds is 7. The van der Waals surface area contributed by atoms with Crippen LogP contribution in [0.5, 0.6) is 5.75 Å². The molecule has 124 valence electrons. The Morgan fingerprint density at radius 3 is 2.75 bits per heavy atom. The number of nitrogens with one attached hydrogen (secondary N) is 1. The molecule has 5 heteroatoms. The summed E-state index contributed by atoms with van der Waals surface area (Å²) in [6.07, 6.45) is 5.80. The first-order valence-corrected chi connectivity index (χ1v) is 7.82. The molecule has 1 N–H and O–H groups in total. The number of aromatic nitrogens is 1. The standard InChI is InChI=1S/C19H20N2O3/c1-23-16-7-4-6-15(12-16)14-20-19(22)13-17(18-8-5-11-24-18)21-9-2-3-10-21/h2-12,17H,13-14H2,1H3,(H,20,22). The van der Waals surface area contributed by atoms with E-state index in [2.05, 4.69) is 5.32 Å². The summed E-state index contributed by atoms with van der Waals surface area (Å²) >= 11 is 0. The number of hydrogen-bond acceptors (Lipinski definition) is 3. The molecule has 0 fully saturated rings. The van der Waals surface area contributed by atoms with E-state index >= 15 is 0 Å². The third-order valence-electron chi connectivity index (χ3n) is 3.86. The van der Waals surface area contributed by atoms with Crippen molar-refractivity contribution >= 4 is 5.91 Å². The van der Waals surface area contributed by atoms with Gasteiger partial charge in [0.2, 0.25) is 5.91 Å². The fraction of sp³-hybridized carbons (Fsp3) is 0.211. The van der Waals surface area contributed by atoms with Crippen LogP contribution in [0.25, 0.3) is 0 Å². The van der Waals surface area contributed by atoms with Gasteiger partial charge in [-0.15, -0.1) is 0 Å². The van der Waals surface area contributed by atoms with Crippen LogP contribution in [0.15, 0.2) is 71.6 Å². The summed E-state index contributed by atoms with van der Waals surface area (Å²) in [5, 5.41) is 2.96. The minimum atomic E-state index is -0.152. The second-order valence-electron chi connectivity index (χ2n) is 5.49. The van der Waals surface area contributed by atoms with Crippen molar-refractivity contribution in [3.05, 3.63) is 78.5 Å². The normalized spacial score (nSPS) is 11.9. The van der Waals surface area contributed by atoms with Gasteiger partial charge in [-0.25, -0.2) is 0 Å². The molecule has 2 aromatic heterocycles. The van der Waals surface area contributed by atoms with E-state index < -0.39 is 0 Å². The summed E-state index contributed by atoms with van der Waals surface area (Å²) < 4.78 is 12.7. The van der Waals surface area contributed by atoms with Crippen LogP contribution >= 0.6 is 0 Å². The van der Waals surface area contributed by atoms with Gasteiger partial charge in [-0.1, -0.05) is 12.1 Å². The smallest absolute Gasteiger partial charge is 0.222 e. The van der Waals surface area contributed by atoms with Crippen molar-refractivity contribution in [2.45, 2.75) is 19.0 Å². The van der Waals surface area contributed by atoms with E-state index in [9.17, 15) is 4.79 Å². The van der Waals surface area contributed by atoms with E-state index in [1.807, 2.05) is 65.5 Å². The highest BCUT2D eigenvalue weighted by molar-refractivity contribution is 5.76. The minimum absolute atomic E-state index is 0.0343. The zero-order valence-electron chi connectivity index (χ0n) is 13.5. The third kappa shape index (κ3) is 3.87. The van der Waals surface area contributed by atoms with Gasteiger partial charge in [0.25, 0.3) is 0 Å². The number of benzene rings is 1. The van der Waals surface area contributed by atoms with Crippen molar-refractivity contribution in [2.24, 2.45) is 0 Å². The highest BCUT2D eigenvalue weighted by Crippen LogP contribution is 2.22. The average molecular weight is 324 g/mol. The largest absolute Gasteiger partial charge is 0.497 e. The topological polar surface area (TPSA) is 56.4 Å². The number of nitrogens with zero attached hydrogens (tertiary/aromatic N) is 1. The Morgan fingerprint density at radius 1 is 1.21 bits per heavy atom. The molecule has 0 aliphatic rings. The molecule has 1 atom stereocenters. The van der Waals surface area contributed by atoms with E-state index in [1.54, 1.807) is 13.4 Å². The number of ether oxygens (including phenoxy) is 1. The SMILES string of the molecule is COc1cccc(CNC(=O)CC(c2ccco2)n2cccc2)c1. The van der Waals surface area contributed by atoms with Crippen LogP contribution in [0.4, 0.5) is 0 Å². The molecule has 5 nitrogen and oxygen atoms in total. The zero-order valence-corrected chi connectivity index (χ0v) is 13.5. The van der Waals surface area contributed by atoms with E-state index in [1.165, 1.54) is 0 Å². The maximum absolute atomic E-state index is 12.4. The summed E-state index contributed by atoms with van der Waals surface area (Å²) in [6.45, 7) is 0.465. The Bertz CT molecular complexity index is 730. The Balaban J connectivity index is 1.63. The number of methoxy groups -OCH3 is 1. The third-order valence-corrected chi connectivity index (χ3v) is 3.86. The van der Waals surface area contributed by atoms with Crippen molar-refractivity contribution in [3.8, 4) is 5.75 Å². The maximum atomic E-state index is 12.4. The highest BCUT2D eigenvalue weighted by Gasteiger charge is 2.19. The highest BCUT2D eigenvalue weighted by atomic mass is 16.5. The molecule has 0 aliphatic heterocycles. The number of amides is 1. The molecule has 0 radical (unpaired) electrons. The quantitative estimate of drug-likeness (QED) is 0.725. The van der Waals surface area contributed by atoms with Crippen molar-refractivity contribution in [1.82, 2.24) is 9.88 Å². The lowest BCUT2D eigenvalue weighted by molar-refractivity contribution is -0.121. The Kier molecular flexibility index (Phi) is 5.01. The van der Waals surface area contributed by atoms with Crippen LogP contribution in [0.1, 0.15) is 23.8 Å². The van der Waals surface area contributed by atoms with Crippen LogP contribution in [0.2, 0.25) is 0 Å². The molecule has 0 saturated carbocycles. The molecular weight excluding hydrogens is 304 g/mol. The van der Waals surface area contributed by atoms with E-state index in [0.717, 1.165) is 17.1 Å². The second kappa shape index (κ2) is 7.55. The maximum Gasteiger partial charge on any atom is 0.222 e. The van der Waals surface area contributed by atoms with Crippen LogP contribution in [0, 0.1) is 0 Å². The second-order valence-corrected chi connectivity index (χ2v) is 5.49. The molecular formula is C19H20N2O3. The molecule has 24 heavy (non-hydrogen) atoms. The van der Waals surface area contributed by atoms with Crippen molar-refractivity contribution in [1.29, 1.82) is 0 Å². The fourth-order valence-electron chi connectivity index (χ4n) is 2.62. The summed E-state index contributed by atoms with van der Waals surface area (Å²) in [5.41, 5.74) is 0.998. The molecule has 1 aromatic carbocycles. The summed E-state index contributed by atoms with van der Waals surface area (Å²) in [7, 11) is 1.63. The average Bonchev–Trinajstić information content (AvgIpc) is 3.31. The lowest BCUT2D eigenvalue weighted by Gasteiger charge is -2.16. The van der Waals surface area contributed by atoms with Gasteiger partial charge in [-0.3, -0.25) is 4.79 Å². The fourth-order valence-corrected chi connectivity index (χ4v) is 2.62. The molecule has 1 unspecified atom stereocenters. The first kappa shape index (κ1) is 15.9. The lowest BCUT2D eigenvalue weighted by Crippen LogP contribution is -2.26. The van der Waals surface area contributed by atoms with Crippen LogP contribution < -0.4 is 10.1 Å². The summed E-state index contributed by atoms with van der Waals surface area (Å²) in [4.78, 5) is 12.4. The molecule has 2 heterocycles. The first-order valence-electron chi connectivity index (χ1n) is 7.82. The van der Waals surface area contributed by atoms with Crippen molar-refractivity contribution in [2.75, 3.05) is 7.11 Å². The van der Waals surface area contributed by atoms with Crippen LogP contribution in [-0.4, -0.2) is 17.6 Å². The Hall–Kier alpha value is -2.95. The molecule has 0 bridgehead atoms. The van der Waals surface area contributed by atoms with E-state index in [-0.39, 0.29) is 11.9 Å². The summed E-state index contributed by atoms with van der Waals surface area (Å²) in [6, 6.07) is 15.1. The minimum Gasteiger partial charge on any atom is -0.497 e. The van der Waals surface area contributed by atoms with Crippen molar-refractivity contribution in [3.63, 3.8) is 0 Å². The van der Waals surface area contributed by atoms with Crippen LogP contribution in [0.3, 0.4) is 0 Å². The Labute approximate surface area is 140 Å². The van der Waals surface area contributed by atoms with E-state index in [4.69, 9.17) is 9.15 Å². The molecule has 0 saturated heterocycles. The molecule has 1 amide bonds. The van der Waals surface area contributed by atoms with Gasteiger partial charge in [0, 0.05) is 18.9 Å². The van der Waals surface area contributed by atoms with Crippen molar-refractivity contribution < 1.29 is 13.9 Å². The Morgan fingerprint density at radius 2 is 2.04 bits per heavy atom. The molecule has 3 aromatic rings. The van der Waals surface area contributed by atoms with E-state index in [0.29, 0.717) is 13.0 Å². The predicted molar refractivity (Wildman–Crippen MR) is 90.7 cm³/mol. The van der Waals surface area contributed by atoms with Gasteiger partial charge >= 0.3 is 0 Å². The number of hydrogen-bond donors (Lipinski definition) is 1. The zero-order chi connectivity index (χ0) is 16.8. The van der Waals surface area contributed by atoms with Gasteiger partial charge in [0.15, 0.2) is 0 Å². The number of carbonyl (C=O) groups excluding carboxylic acids is 1. The van der Waals surface area contributed by atoms with Gasteiger partial charge in [-0.05, 0) is 42.0 Å². The molecule has 0 aliphatic carbocycles. The summed E-state index contributed by atoms with van der Waals surface area (Å²) in [5.74, 6) is 1.51. The monoisotopic (exact) mass is 324 g/mol. The number of furan rings is 1. The number of carbonyl (C=O) groups is 1.